The highest BCUT2D eigenvalue weighted by Crippen LogP contribution is 2.35. The lowest BCUT2D eigenvalue weighted by atomic mass is 10.2. The molecule has 2 aliphatic rings. The lowest BCUT2D eigenvalue weighted by Crippen LogP contribution is -2.24. The van der Waals surface area contributed by atoms with Crippen LogP contribution >= 0.6 is 27.5 Å². The van der Waals surface area contributed by atoms with Crippen LogP contribution in [0.25, 0.3) is 11.0 Å². The van der Waals surface area contributed by atoms with Gasteiger partial charge in [0.15, 0.2) is 0 Å². The molecule has 1 aliphatic carbocycles. The van der Waals surface area contributed by atoms with Gasteiger partial charge >= 0.3 is 0 Å². The van der Waals surface area contributed by atoms with Gasteiger partial charge < -0.3 is 4.57 Å². The van der Waals surface area contributed by atoms with Gasteiger partial charge in [-0.3, -0.25) is 4.90 Å². The summed E-state index contributed by atoms with van der Waals surface area (Å²) >= 11 is 9.58. The molecule has 1 unspecified atom stereocenters. The molecule has 5 heteroatoms. The van der Waals surface area contributed by atoms with E-state index in [1.807, 2.05) is 0 Å². The standard InChI is InChI=1S/C16H19BrClN3/c17-11-1-4-14-15(9-11)21(16(19-14)5-7-18)13-6-8-20(10-13)12-2-3-12/h1,4,9,12-13H,2-3,5-8,10H2. The Morgan fingerprint density at radius 1 is 1.24 bits per heavy atom. The molecule has 1 aliphatic heterocycles. The fraction of sp³-hybridized carbons (Fsp3) is 0.562. The van der Waals surface area contributed by atoms with Crippen molar-refractivity contribution in [3.8, 4) is 0 Å². The number of nitrogens with zero attached hydrogens (tertiary/aromatic N) is 3. The van der Waals surface area contributed by atoms with Crippen molar-refractivity contribution in [2.24, 2.45) is 0 Å². The molecule has 1 saturated carbocycles. The number of benzene rings is 1. The van der Waals surface area contributed by atoms with E-state index in [0.717, 1.165) is 34.8 Å². The van der Waals surface area contributed by atoms with E-state index in [-0.39, 0.29) is 0 Å². The molecule has 0 spiro atoms. The van der Waals surface area contributed by atoms with E-state index in [4.69, 9.17) is 16.6 Å². The summed E-state index contributed by atoms with van der Waals surface area (Å²) in [6.07, 6.45) is 4.84. The summed E-state index contributed by atoms with van der Waals surface area (Å²) in [5.41, 5.74) is 2.33. The maximum absolute atomic E-state index is 5.99. The summed E-state index contributed by atoms with van der Waals surface area (Å²) in [6.45, 7) is 2.39. The van der Waals surface area contributed by atoms with Gasteiger partial charge in [0.1, 0.15) is 5.82 Å². The van der Waals surface area contributed by atoms with Crippen LogP contribution in [0.3, 0.4) is 0 Å². The number of imidazole rings is 1. The highest BCUT2D eigenvalue weighted by molar-refractivity contribution is 9.10. The number of aryl methyl sites for hydroxylation is 1. The number of fused-ring (bicyclic) bond motifs is 1. The van der Waals surface area contributed by atoms with Crippen LogP contribution < -0.4 is 0 Å². The van der Waals surface area contributed by atoms with Gasteiger partial charge in [-0.05, 0) is 37.5 Å². The molecule has 4 rings (SSSR count). The third kappa shape index (κ3) is 2.62. The summed E-state index contributed by atoms with van der Waals surface area (Å²) < 4.78 is 3.57. The molecule has 3 nitrogen and oxygen atoms in total. The summed E-state index contributed by atoms with van der Waals surface area (Å²) in [7, 11) is 0. The van der Waals surface area contributed by atoms with E-state index in [2.05, 4.69) is 43.6 Å². The van der Waals surface area contributed by atoms with Crippen molar-refractivity contribution < 1.29 is 0 Å². The first-order valence-corrected chi connectivity index (χ1v) is 9.05. The molecule has 21 heavy (non-hydrogen) atoms. The first-order chi connectivity index (χ1) is 10.3. The van der Waals surface area contributed by atoms with Gasteiger partial charge in [-0.15, -0.1) is 11.6 Å². The molecule has 1 aromatic heterocycles. The van der Waals surface area contributed by atoms with Gasteiger partial charge in [0.05, 0.1) is 11.0 Å². The molecule has 0 bridgehead atoms. The Morgan fingerprint density at radius 2 is 2.10 bits per heavy atom. The molecule has 2 fully saturated rings. The van der Waals surface area contributed by atoms with Gasteiger partial charge in [0.25, 0.3) is 0 Å². The molecule has 0 amide bonds. The molecular formula is C16H19BrClN3. The minimum Gasteiger partial charge on any atom is -0.323 e. The lowest BCUT2D eigenvalue weighted by Gasteiger charge is -2.18. The molecule has 112 valence electrons. The Balaban J connectivity index is 1.74. The van der Waals surface area contributed by atoms with E-state index >= 15 is 0 Å². The van der Waals surface area contributed by atoms with Gasteiger partial charge in [-0.2, -0.15) is 0 Å². The first-order valence-electron chi connectivity index (χ1n) is 7.72. The van der Waals surface area contributed by atoms with Crippen molar-refractivity contribution in [3.63, 3.8) is 0 Å². The summed E-state index contributed by atoms with van der Waals surface area (Å²) in [6, 6.07) is 7.76. The molecule has 0 radical (unpaired) electrons. The zero-order chi connectivity index (χ0) is 14.4. The van der Waals surface area contributed by atoms with E-state index in [9.17, 15) is 0 Å². The van der Waals surface area contributed by atoms with Crippen LogP contribution in [0.4, 0.5) is 0 Å². The largest absolute Gasteiger partial charge is 0.323 e. The van der Waals surface area contributed by atoms with Crippen molar-refractivity contribution in [1.82, 2.24) is 14.5 Å². The van der Waals surface area contributed by atoms with Crippen molar-refractivity contribution in [3.05, 3.63) is 28.5 Å². The lowest BCUT2D eigenvalue weighted by molar-refractivity contribution is 0.314. The zero-order valence-corrected chi connectivity index (χ0v) is 14.3. The molecule has 1 atom stereocenters. The monoisotopic (exact) mass is 367 g/mol. The minimum absolute atomic E-state index is 0.545. The van der Waals surface area contributed by atoms with E-state index in [0.29, 0.717) is 11.9 Å². The molecule has 2 aromatic rings. The summed E-state index contributed by atoms with van der Waals surface area (Å²) in [4.78, 5) is 7.46. The number of rotatable bonds is 4. The van der Waals surface area contributed by atoms with Crippen LogP contribution in [0.1, 0.15) is 31.1 Å². The average Bonchev–Trinajstić information content (AvgIpc) is 3.10. The predicted molar refractivity (Wildman–Crippen MR) is 90.1 cm³/mol. The van der Waals surface area contributed by atoms with Crippen LogP contribution in [-0.4, -0.2) is 39.5 Å². The SMILES string of the molecule is ClCCc1nc2ccc(Br)cc2n1C1CCN(C2CC2)C1. The third-order valence-electron chi connectivity index (χ3n) is 4.67. The summed E-state index contributed by atoms with van der Waals surface area (Å²) in [5.74, 6) is 1.77. The first kappa shape index (κ1) is 14.0. The van der Waals surface area contributed by atoms with Crippen LogP contribution in [0, 0.1) is 0 Å². The molecular weight excluding hydrogens is 350 g/mol. The number of likely N-dealkylation sites (tertiary alicyclic amines) is 1. The van der Waals surface area contributed by atoms with Crippen molar-refractivity contribution in [2.45, 2.75) is 37.8 Å². The maximum atomic E-state index is 5.99. The third-order valence-corrected chi connectivity index (χ3v) is 5.35. The second-order valence-electron chi connectivity index (χ2n) is 6.14. The molecule has 1 aromatic carbocycles. The molecule has 1 saturated heterocycles. The fourth-order valence-electron chi connectivity index (χ4n) is 3.53. The van der Waals surface area contributed by atoms with Crippen LogP contribution in [0.2, 0.25) is 0 Å². The highest BCUT2D eigenvalue weighted by atomic mass is 79.9. The maximum Gasteiger partial charge on any atom is 0.111 e. The van der Waals surface area contributed by atoms with Crippen LogP contribution in [-0.2, 0) is 6.42 Å². The van der Waals surface area contributed by atoms with Gasteiger partial charge in [0.2, 0.25) is 0 Å². The van der Waals surface area contributed by atoms with E-state index in [1.165, 1.54) is 31.3 Å². The van der Waals surface area contributed by atoms with Crippen molar-refractivity contribution in [2.75, 3.05) is 19.0 Å². The van der Waals surface area contributed by atoms with Crippen LogP contribution in [0.5, 0.6) is 0 Å². The number of hydrogen-bond acceptors (Lipinski definition) is 2. The summed E-state index contributed by atoms with van der Waals surface area (Å²) in [5, 5.41) is 0. The Morgan fingerprint density at radius 3 is 2.86 bits per heavy atom. The predicted octanol–water partition coefficient (Wildman–Crippen LogP) is 3.99. The second kappa shape index (κ2) is 5.56. The highest BCUT2D eigenvalue weighted by Gasteiger charge is 2.35. The topological polar surface area (TPSA) is 21.1 Å². The Hall–Kier alpha value is -0.580. The zero-order valence-electron chi connectivity index (χ0n) is 11.9. The fourth-order valence-corrected chi connectivity index (χ4v) is 4.05. The number of halogens is 2. The quantitative estimate of drug-likeness (QED) is 0.761. The minimum atomic E-state index is 0.545. The van der Waals surface area contributed by atoms with E-state index in [1.54, 1.807) is 0 Å². The Kier molecular flexibility index (Phi) is 3.72. The number of alkyl halides is 1. The van der Waals surface area contributed by atoms with Gasteiger partial charge in [-0.1, -0.05) is 15.9 Å². The van der Waals surface area contributed by atoms with Crippen molar-refractivity contribution in [1.29, 1.82) is 0 Å². The Labute approximate surface area is 138 Å². The van der Waals surface area contributed by atoms with Crippen LogP contribution in [0.15, 0.2) is 22.7 Å². The smallest absolute Gasteiger partial charge is 0.111 e. The Bertz CT molecular complexity index is 665. The van der Waals surface area contributed by atoms with Gasteiger partial charge in [-0.25, -0.2) is 4.98 Å². The number of hydrogen-bond donors (Lipinski definition) is 0. The van der Waals surface area contributed by atoms with E-state index < -0.39 is 0 Å². The van der Waals surface area contributed by atoms with Gasteiger partial charge in [0, 0.05) is 41.9 Å². The molecule has 0 N–H and O–H groups in total. The normalized spacial score (nSPS) is 23.2. The second-order valence-corrected chi connectivity index (χ2v) is 7.43. The molecule has 2 heterocycles. The average molecular weight is 369 g/mol. The number of aromatic nitrogens is 2. The van der Waals surface area contributed by atoms with Crippen molar-refractivity contribution >= 4 is 38.6 Å².